The molecular weight excluding hydrogens is 265 g/mol. The van der Waals surface area contributed by atoms with Gasteiger partial charge in [0.05, 0.1) is 26.9 Å². The van der Waals surface area contributed by atoms with Crippen molar-refractivity contribution in [2.24, 2.45) is 7.05 Å². The van der Waals surface area contributed by atoms with Crippen LogP contribution in [0, 0.1) is 5.82 Å². The molecule has 2 N–H and O–H groups in total. The number of hydrogen-bond acceptors (Lipinski definition) is 5. The van der Waals surface area contributed by atoms with Crippen LogP contribution in [0.5, 0.6) is 17.2 Å². The van der Waals surface area contributed by atoms with Crippen molar-refractivity contribution in [1.82, 2.24) is 9.78 Å². The molecule has 1 heterocycles. The van der Waals surface area contributed by atoms with Gasteiger partial charge in [0.15, 0.2) is 23.1 Å². The van der Waals surface area contributed by atoms with E-state index in [1.54, 1.807) is 13.1 Å². The Hall–Kier alpha value is -2.44. The van der Waals surface area contributed by atoms with Crippen molar-refractivity contribution in [2.45, 2.75) is 0 Å². The normalized spacial score (nSPS) is 10.4. The van der Waals surface area contributed by atoms with E-state index in [-0.39, 0.29) is 17.1 Å². The molecule has 0 unspecified atom stereocenters. The number of halogens is 1. The molecule has 0 spiro atoms. The highest BCUT2D eigenvalue weighted by atomic mass is 19.1. The zero-order valence-electron chi connectivity index (χ0n) is 11.7. The van der Waals surface area contributed by atoms with Crippen molar-refractivity contribution < 1.29 is 18.6 Å². The van der Waals surface area contributed by atoms with Crippen LogP contribution in [-0.4, -0.2) is 31.1 Å². The second kappa shape index (κ2) is 5.28. The molecule has 0 aliphatic heterocycles. The van der Waals surface area contributed by atoms with Gasteiger partial charge in [0.2, 0.25) is 0 Å². The standard InChI is InChI=1S/C13H16FN3O3/c1-17-10(15)5-7(16-17)11-12(14)8(18-2)6-9(19-3)13(11)20-4/h5-6H,15H2,1-4H3. The number of aromatic nitrogens is 2. The van der Waals surface area contributed by atoms with Crippen molar-refractivity contribution in [3.05, 3.63) is 17.9 Å². The summed E-state index contributed by atoms with van der Waals surface area (Å²) in [7, 11) is 5.94. The van der Waals surface area contributed by atoms with Gasteiger partial charge in [-0.25, -0.2) is 4.39 Å². The first-order valence-corrected chi connectivity index (χ1v) is 5.81. The van der Waals surface area contributed by atoms with E-state index in [2.05, 4.69) is 5.10 Å². The van der Waals surface area contributed by atoms with Crippen LogP contribution >= 0.6 is 0 Å². The number of nitrogens with two attached hydrogens (primary N) is 1. The summed E-state index contributed by atoms with van der Waals surface area (Å²) in [6.07, 6.45) is 0. The van der Waals surface area contributed by atoms with Crippen molar-refractivity contribution in [3.63, 3.8) is 0 Å². The van der Waals surface area contributed by atoms with Crippen LogP contribution < -0.4 is 19.9 Å². The van der Waals surface area contributed by atoms with Gasteiger partial charge in [-0.05, 0) is 0 Å². The van der Waals surface area contributed by atoms with E-state index in [9.17, 15) is 4.39 Å². The quantitative estimate of drug-likeness (QED) is 0.925. The summed E-state index contributed by atoms with van der Waals surface area (Å²) in [4.78, 5) is 0. The second-order valence-electron chi connectivity index (χ2n) is 4.08. The Morgan fingerprint density at radius 1 is 1.10 bits per heavy atom. The summed E-state index contributed by atoms with van der Waals surface area (Å²) in [5.74, 6) is 0.460. The summed E-state index contributed by atoms with van der Waals surface area (Å²) in [6.45, 7) is 0. The fraction of sp³-hybridized carbons (Fsp3) is 0.308. The monoisotopic (exact) mass is 281 g/mol. The second-order valence-corrected chi connectivity index (χ2v) is 4.08. The van der Waals surface area contributed by atoms with Gasteiger partial charge in [-0.2, -0.15) is 5.10 Å². The van der Waals surface area contributed by atoms with E-state index in [1.807, 2.05) is 0 Å². The van der Waals surface area contributed by atoms with Crippen LogP contribution in [0.4, 0.5) is 10.2 Å². The third-order valence-electron chi connectivity index (χ3n) is 2.96. The largest absolute Gasteiger partial charge is 0.494 e. The highest BCUT2D eigenvalue weighted by molar-refractivity contribution is 5.75. The van der Waals surface area contributed by atoms with Gasteiger partial charge >= 0.3 is 0 Å². The Morgan fingerprint density at radius 2 is 1.75 bits per heavy atom. The van der Waals surface area contributed by atoms with Crippen LogP contribution in [0.2, 0.25) is 0 Å². The van der Waals surface area contributed by atoms with Crippen molar-refractivity contribution in [3.8, 4) is 28.5 Å². The molecule has 0 saturated carbocycles. The van der Waals surface area contributed by atoms with Crippen LogP contribution in [-0.2, 0) is 7.05 Å². The van der Waals surface area contributed by atoms with Gasteiger partial charge in [0, 0.05) is 19.2 Å². The van der Waals surface area contributed by atoms with Crippen LogP contribution in [0.25, 0.3) is 11.3 Å². The number of nitrogen functional groups attached to an aromatic ring is 1. The van der Waals surface area contributed by atoms with Crippen LogP contribution in [0.3, 0.4) is 0 Å². The number of ether oxygens (including phenoxy) is 3. The Morgan fingerprint density at radius 3 is 2.20 bits per heavy atom. The fourth-order valence-electron chi connectivity index (χ4n) is 1.93. The summed E-state index contributed by atoms with van der Waals surface area (Å²) >= 11 is 0. The summed E-state index contributed by atoms with van der Waals surface area (Å²) in [5, 5.41) is 4.16. The number of aryl methyl sites for hydroxylation is 1. The molecule has 0 atom stereocenters. The molecule has 108 valence electrons. The molecule has 2 rings (SSSR count). The lowest BCUT2D eigenvalue weighted by Gasteiger charge is -2.14. The lowest BCUT2D eigenvalue weighted by Crippen LogP contribution is -2.00. The van der Waals surface area contributed by atoms with E-state index in [4.69, 9.17) is 19.9 Å². The lowest BCUT2D eigenvalue weighted by atomic mass is 10.1. The van der Waals surface area contributed by atoms with Gasteiger partial charge < -0.3 is 19.9 Å². The number of rotatable bonds is 4. The van der Waals surface area contributed by atoms with Gasteiger partial charge in [-0.15, -0.1) is 0 Å². The van der Waals surface area contributed by atoms with Gasteiger partial charge in [0.25, 0.3) is 0 Å². The first-order valence-electron chi connectivity index (χ1n) is 5.81. The number of hydrogen-bond donors (Lipinski definition) is 1. The third kappa shape index (κ3) is 2.11. The molecular formula is C13H16FN3O3. The molecule has 0 amide bonds. The number of methoxy groups -OCH3 is 3. The molecule has 7 heteroatoms. The number of benzene rings is 1. The smallest absolute Gasteiger partial charge is 0.178 e. The van der Waals surface area contributed by atoms with Gasteiger partial charge in [0.1, 0.15) is 11.5 Å². The highest BCUT2D eigenvalue weighted by Gasteiger charge is 2.24. The Bertz CT molecular complexity index is 621. The topological polar surface area (TPSA) is 71.5 Å². The molecule has 0 saturated heterocycles. The van der Waals surface area contributed by atoms with E-state index in [1.165, 1.54) is 32.1 Å². The minimum absolute atomic E-state index is 0.0434. The summed E-state index contributed by atoms with van der Waals surface area (Å²) in [6, 6.07) is 2.98. The average molecular weight is 281 g/mol. The van der Waals surface area contributed by atoms with Gasteiger partial charge in [-0.3, -0.25) is 4.68 Å². The first-order chi connectivity index (χ1) is 9.53. The van der Waals surface area contributed by atoms with Gasteiger partial charge in [-0.1, -0.05) is 0 Å². The highest BCUT2D eigenvalue weighted by Crippen LogP contribution is 2.44. The molecule has 1 aromatic carbocycles. The molecule has 20 heavy (non-hydrogen) atoms. The predicted octanol–water partition coefficient (Wildman–Crippen LogP) is 1.83. The van der Waals surface area contributed by atoms with Crippen molar-refractivity contribution in [2.75, 3.05) is 27.1 Å². The molecule has 0 aliphatic rings. The SMILES string of the molecule is COc1cc(OC)c(OC)c(-c2cc(N)n(C)n2)c1F. The van der Waals surface area contributed by atoms with E-state index in [0.29, 0.717) is 17.3 Å². The molecule has 0 fully saturated rings. The Balaban J connectivity index is 2.77. The predicted molar refractivity (Wildman–Crippen MR) is 72.7 cm³/mol. The number of nitrogens with zero attached hydrogens (tertiary/aromatic N) is 2. The van der Waals surface area contributed by atoms with Crippen LogP contribution in [0.1, 0.15) is 0 Å². The molecule has 0 aliphatic carbocycles. The van der Waals surface area contributed by atoms with E-state index >= 15 is 0 Å². The molecule has 1 aromatic heterocycles. The zero-order chi connectivity index (χ0) is 14.9. The average Bonchev–Trinajstić information content (AvgIpc) is 2.77. The Kier molecular flexibility index (Phi) is 3.69. The third-order valence-corrected chi connectivity index (χ3v) is 2.96. The molecule has 0 radical (unpaired) electrons. The molecule has 2 aromatic rings. The summed E-state index contributed by atoms with van der Waals surface area (Å²) < 4.78 is 31.4. The molecule has 0 bridgehead atoms. The minimum atomic E-state index is -0.580. The summed E-state index contributed by atoms with van der Waals surface area (Å²) in [5.41, 5.74) is 6.23. The van der Waals surface area contributed by atoms with E-state index < -0.39 is 5.82 Å². The Labute approximate surface area is 115 Å². The zero-order valence-corrected chi connectivity index (χ0v) is 11.7. The maximum absolute atomic E-state index is 14.5. The lowest BCUT2D eigenvalue weighted by molar-refractivity contribution is 0.341. The van der Waals surface area contributed by atoms with E-state index in [0.717, 1.165) is 0 Å². The van der Waals surface area contributed by atoms with Crippen molar-refractivity contribution in [1.29, 1.82) is 0 Å². The first kappa shape index (κ1) is 14.0. The van der Waals surface area contributed by atoms with Crippen LogP contribution in [0.15, 0.2) is 12.1 Å². The fourth-order valence-corrected chi connectivity index (χ4v) is 1.93. The molecule has 6 nitrogen and oxygen atoms in total. The maximum Gasteiger partial charge on any atom is 0.178 e. The minimum Gasteiger partial charge on any atom is -0.494 e. The van der Waals surface area contributed by atoms with Crippen molar-refractivity contribution >= 4 is 5.82 Å². The maximum atomic E-state index is 14.5. The number of anilines is 1.